The van der Waals surface area contributed by atoms with Gasteiger partial charge >= 0.3 is 6.09 Å². The van der Waals surface area contributed by atoms with E-state index in [4.69, 9.17) is 27.9 Å². The summed E-state index contributed by atoms with van der Waals surface area (Å²) in [5.74, 6) is 0. The smallest absolute Gasteiger partial charge is 0.419 e. The van der Waals surface area contributed by atoms with Crippen LogP contribution in [0.5, 0.6) is 0 Å². The minimum Gasteiger partial charge on any atom is -0.449 e. The summed E-state index contributed by atoms with van der Waals surface area (Å²) in [4.78, 5) is 13.9. The zero-order chi connectivity index (χ0) is 15.9. The van der Waals surface area contributed by atoms with E-state index in [1.54, 1.807) is 30.3 Å². The SMILES string of the molecule is [CH2]CCCOC(=O)N(c1ccccc1)c1c(Cl)cccc1Cl. The number of nitrogens with zero attached hydrogens (tertiary/aromatic N) is 1. The minimum absolute atomic E-state index is 0.299. The Bertz CT molecular complexity index is 612. The summed E-state index contributed by atoms with van der Waals surface area (Å²) < 4.78 is 5.29. The molecule has 2 aromatic rings. The number of anilines is 2. The fraction of sp³-hybridized carbons (Fsp3) is 0.176. The number of rotatable bonds is 5. The molecule has 0 bridgehead atoms. The Morgan fingerprint density at radius 3 is 2.27 bits per heavy atom. The topological polar surface area (TPSA) is 29.5 Å². The molecule has 0 saturated carbocycles. The van der Waals surface area contributed by atoms with Crippen LogP contribution in [0.25, 0.3) is 0 Å². The fourth-order valence-electron chi connectivity index (χ4n) is 1.93. The summed E-state index contributed by atoms with van der Waals surface area (Å²) >= 11 is 12.5. The van der Waals surface area contributed by atoms with Gasteiger partial charge in [-0.1, -0.05) is 60.8 Å². The number of hydrogen-bond donors (Lipinski definition) is 0. The predicted molar refractivity (Wildman–Crippen MR) is 91.0 cm³/mol. The van der Waals surface area contributed by atoms with Crippen molar-refractivity contribution in [1.82, 2.24) is 0 Å². The maximum absolute atomic E-state index is 12.5. The highest BCUT2D eigenvalue weighted by atomic mass is 35.5. The summed E-state index contributed by atoms with van der Waals surface area (Å²) in [5.41, 5.74) is 1.05. The molecule has 0 aliphatic rings. The second-order valence-electron chi connectivity index (χ2n) is 4.56. The highest BCUT2D eigenvalue weighted by molar-refractivity contribution is 6.40. The van der Waals surface area contributed by atoms with Crippen molar-refractivity contribution in [1.29, 1.82) is 0 Å². The van der Waals surface area contributed by atoms with Gasteiger partial charge in [-0.3, -0.25) is 0 Å². The summed E-state index contributed by atoms with van der Waals surface area (Å²) in [5, 5.41) is 0.760. The van der Waals surface area contributed by atoms with E-state index < -0.39 is 6.09 Å². The number of para-hydroxylation sites is 2. The van der Waals surface area contributed by atoms with Gasteiger partial charge in [0.15, 0.2) is 0 Å². The number of unbranched alkanes of at least 4 members (excludes halogenated alkanes) is 1. The van der Waals surface area contributed by atoms with Crippen LogP contribution in [0.3, 0.4) is 0 Å². The average Bonchev–Trinajstić information content (AvgIpc) is 2.52. The van der Waals surface area contributed by atoms with Crippen molar-refractivity contribution in [2.45, 2.75) is 12.8 Å². The molecule has 5 heteroatoms. The van der Waals surface area contributed by atoms with Gasteiger partial charge in [0.1, 0.15) is 0 Å². The van der Waals surface area contributed by atoms with Gasteiger partial charge < -0.3 is 4.74 Å². The first-order valence-corrected chi connectivity index (χ1v) is 7.66. The third-order valence-electron chi connectivity index (χ3n) is 2.98. The molecule has 115 valence electrons. The van der Waals surface area contributed by atoms with Gasteiger partial charge in [0, 0.05) is 0 Å². The molecule has 0 heterocycles. The number of carbonyl (C=O) groups is 1. The Hall–Kier alpha value is -1.71. The molecule has 2 aromatic carbocycles. The van der Waals surface area contributed by atoms with Gasteiger partial charge in [0.2, 0.25) is 0 Å². The van der Waals surface area contributed by atoms with E-state index in [1.165, 1.54) is 4.90 Å². The molecule has 0 N–H and O–H groups in total. The first-order valence-electron chi connectivity index (χ1n) is 6.90. The number of hydrogen-bond acceptors (Lipinski definition) is 2. The van der Waals surface area contributed by atoms with Gasteiger partial charge in [0.25, 0.3) is 0 Å². The molecule has 0 fully saturated rings. The minimum atomic E-state index is -0.519. The van der Waals surface area contributed by atoms with Crippen LogP contribution in [-0.4, -0.2) is 12.7 Å². The van der Waals surface area contributed by atoms with Crippen molar-refractivity contribution in [3.8, 4) is 0 Å². The maximum atomic E-state index is 12.5. The van der Waals surface area contributed by atoms with E-state index in [0.717, 1.165) is 0 Å². The van der Waals surface area contributed by atoms with Gasteiger partial charge in [-0.2, -0.15) is 0 Å². The van der Waals surface area contributed by atoms with Gasteiger partial charge in [-0.15, -0.1) is 0 Å². The van der Waals surface area contributed by atoms with E-state index in [0.29, 0.717) is 40.9 Å². The largest absolute Gasteiger partial charge is 0.449 e. The standard InChI is InChI=1S/C17H16Cl2NO2/c1-2-3-12-22-17(21)20(13-8-5-4-6-9-13)16-14(18)10-7-11-15(16)19/h4-11H,1-3,12H2. The van der Waals surface area contributed by atoms with Crippen LogP contribution < -0.4 is 4.90 Å². The maximum Gasteiger partial charge on any atom is 0.419 e. The quantitative estimate of drug-likeness (QED) is 0.637. The van der Waals surface area contributed by atoms with Crippen LogP contribution in [0.15, 0.2) is 48.5 Å². The highest BCUT2D eigenvalue weighted by Gasteiger charge is 2.24. The Balaban J connectivity index is 2.40. The zero-order valence-corrected chi connectivity index (χ0v) is 13.5. The second-order valence-corrected chi connectivity index (χ2v) is 5.38. The monoisotopic (exact) mass is 336 g/mol. The van der Waals surface area contributed by atoms with Crippen molar-refractivity contribution >= 4 is 40.7 Å². The van der Waals surface area contributed by atoms with Crippen LogP contribution in [0.4, 0.5) is 16.2 Å². The molecule has 1 radical (unpaired) electrons. The van der Waals surface area contributed by atoms with Gasteiger partial charge in [0.05, 0.1) is 28.0 Å². The molecule has 0 atom stereocenters. The molecule has 1 amide bonds. The number of benzene rings is 2. The van der Waals surface area contributed by atoms with Crippen molar-refractivity contribution in [3.63, 3.8) is 0 Å². The van der Waals surface area contributed by atoms with E-state index in [1.807, 2.05) is 18.2 Å². The normalized spacial score (nSPS) is 10.3. The van der Waals surface area contributed by atoms with Gasteiger partial charge in [-0.05, 0) is 30.7 Å². The molecule has 0 saturated heterocycles. The van der Waals surface area contributed by atoms with E-state index in [2.05, 4.69) is 6.92 Å². The lowest BCUT2D eigenvalue weighted by Crippen LogP contribution is -2.27. The third kappa shape index (κ3) is 3.93. The van der Waals surface area contributed by atoms with Crippen LogP contribution in [0.2, 0.25) is 10.0 Å². The molecule has 0 aliphatic heterocycles. The Morgan fingerprint density at radius 2 is 1.68 bits per heavy atom. The third-order valence-corrected chi connectivity index (χ3v) is 3.59. The summed E-state index contributed by atoms with van der Waals surface area (Å²) in [6.45, 7) is 4.02. The van der Waals surface area contributed by atoms with Crippen molar-refractivity contribution in [2.75, 3.05) is 11.5 Å². The molecule has 2 rings (SSSR count). The number of amides is 1. The predicted octanol–water partition coefficient (Wildman–Crippen LogP) is 5.88. The van der Waals surface area contributed by atoms with Crippen molar-refractivity contribution < 1.29 is 9.53 Å². The molecule has 22 heavy (non-hydrogen) atoms. The van der Waals surface area contributed by atoms with Crippen LogP contribution in [0.1, 0.15) is 12.8 Å². The van der Waals surface area contributed by atoms with E-state index in [-0.39, 0.29) is 0 Å². The fourth-order valence-corrected chi connectivity index (χ4v) is 2.50. The summed E-state index contributed by atoms with van der Waals surface area (Å²) in [6.07, 6.45) is 0.880. The van der Waals surface area contributed by atoms with Gasteiger partial charge in [-0.25, -0.2) is 9.69 Å². The second kappa shape index (κ2) is 8.06. The first-order chi connectivity index (χ1) is 10.6. The molecule has 0 spiro atoms. The van der Waals surface area contributed by atoms with E-state index in [9.17, 15) is 4.79 Å². The number of ether oxygens (including phenoxy) is 1. The van der Waals surface area contributed by atoms with Crippen molar-refractivity contribution in [2.24, 2.45) is 0 Å². The first kappa shape index (κ1) is 16.7. The number of carbonyl (C=O) groups excluding carboxylic acids is 1. The zero-order valence-electron chi connectivity index (χ0n) is 12.0. The van der Waals surface area contributed by atoms with Crippen LogP contribution in [-0.2, 0) is 4.74 Å². The lowest BCUT2D eigenvalue weighted by molar-refractivity contribution is 0.155. The average molecular weight is 337 g/mol. The highest BCUT2D eigenvalue weighted by Crippen LogP contribution is 2.38. The molecular weight excluding hydrogens is 321 g/mol. The Morgan fingerprint density at radius 1 is 1.05 bits per heavy atom. The number of halogens is 2. The molecule has 0 unspecified atom stereocenters. The molecule has 3 nitrogen and oxygen atoms in total. The summed E-state index contributed by atoms with van der Waals surface area (Å²) in [6, 6.07) is 14.2. The van der Waals surface area contributed by atoms with E-state index >= 15 is 0 Å². The lowest BCUT2D eigenvalue weighted by Gasteiger charge is -2.24. The summed E-state index contributed by atoms with van der Waals surface area (Å²) in [7, 11) is 0. The Kier molecular flexibility index (Phi) is 6.10. The molecule has 0 aromatic heterocycles. The van der Waals surface area contributed by atoms with Crippen LogP contribution in [0, 0.1) is 6.92 Å². The van der Waals surface area contributed by atoms with Crippen LogP contribution >= 0.6 is 23.2 Å². The lowest BCUT2D eigenvalue weighted by atomic mass is 10.2. The molecule has 0 aliphatic carbocycles. The Labute approximate surface area is 140 Å². The molecular formula is C17H16Cl2NO2. The van der Waals surface area contributed by atoms with Crippen molar-refractivity contribution in [3.05, 3.63) is 65.5 Å².